The van der Waals surface area contributed by atoms with Gasteiger partial charge >= 0.3 is 0 Å². The number of carbonyl (C=O) groups excluding carboxylic acids is 1. The maximum absolute atomic E-state index is 10.7. The second-order valence-electron chi connectivity index (χ2n) is 2.88. The number of amides is 1. The molecule has 0 aliphatic carbocycles. The summed E-state index contributed by atoms with van der Waals surface area (Å²) in [4.78, 5) is 10.7. The van der Waals surface area contributed by atoms with Crippen molar-refractivity contribution in [2.45, 2.75) is 6.42 Å². The lowest BCUT2D eigenvalue weighted by atomic mass is 10.1. The van der Waals surface area contributed by atoms with Gasteiger partial charge in [-0.1, -0.05) is 28.1 Å². The molecule has 14 heavy (non-hydrogen) atoms. The topological polar surface area (TPSA) is 49.3 Å². The number of benzene rings is 1. The molecule has 0 aliphatic rings. The van der Waals surface area contributed by atoms with Gasteiger partial charge in [0.15, 0.2) is 0 Å². The minimum absolute atomic E-state index is 0.331. The fourth-order valence-electron chi connectivity index (χ4n) is 1.05. The molecular weight excluding hydrogens is 246 g/mol. The summed E-state index contributed by atoms with van der Waals surface area (Å²) in [7, 11) is 0. The van der Waals surface area contributed by atoms with Crippen LogP contribution in [0.25, 0.3) is 0 Å². The molecule has 0 saturated carbocycles. The number of aliphatic hydroxyl groups is 1. The zero-order valence-corrected chi connectivity index (χ0v) is 9.25. The molecule has 4 heteroatoms. The summed E-state index contributed by atoms with van der Waals surface area (Å²) >= 11 is 3.35. The number of rotatable bonds is 4. The smallest absolute Gasteiger partial charge is 0.245 e. The minimum Gasteiger partial charge on any atom is -0.387 e. The molecule has 0 radical (unpaired) electrons. The average molecular weight is 258 g/mol. The quantitative estimate of drug-likeness (QED) is 0.849. The lowest BCUT2D eigenvalue weighted by Crippen LogP contribution is -2.28. The van der Waals surface area contributed by atoms with E-state index in [0.29, 0.717) is 6.54 Å². The molecule has 76 valence electrons. The highest BCUT2D eigenvalue weighted by Crippen LogP contribution is 2.10. The monoisotopic (exact) mass is 257 g/mol. The maximum Gasteiger partial charge on any atom is 0.245 e. The van der Waals surface area contributed by atoms with E-state index in [2.05, 4.69) is 21.2 Å². The highest BCUT2D eigenvalue weighted by atomic mass is 79.9. The molecule has 1 aromatic carbocycles. The molecule has 1 aromatic rings. The number of hydrogen-bond acceptors (Lipinski definition) is 2. The summed E-state index contributed by atoms with van der Waals surface area (Å²) in [5.41, 5.74) is 1.16. The third-order valence-electron chi connectivity index (χ3n) is 1.79. The molecular formula is C10H12BrNO2. The second kappa shape index (κ2) is 5.78. The molecule has 1 rings (SSSR count). The van der Waals surface area contributed by atoms with Crippen molar-refractivity contribution in [3.8, 4) is 0 Å². The largest absolute Gasteiger partial charge is 0.387 e. The molecule has 0 saturated heterocycles. The summed E-state index contributed by atoms with van der Waals surface area (Å²) in [6, 6.07) is 7.91. The first-order valence-electron chi connectivity index (χ1n) is 4.34. The predicted molar refractivity (Wildman–Crippen MR) is 57.9 cm³/mol. The first kappa shape index (κ1) is 11.2. The molecule has 0 aromatic heterocycles. The van der Waals surface area contributed by atoms with Gasteiger partial charge in [-0.25, -0.2) is 0 Å². The molecule has 0 fully saturated rings. The first-order chi connectivity index (χ1) is 6.72. The Kier molecular flexibility index (Phi) is 4.62. The van der Waals surface area contributed by atoms with Crippen molar-refractivity contribution < 1.29 is 9.90 Å². The maximum atomic E-state index is 10.7. The van der Waals surface area contributed by atoms with Crippen LogP contribution in [0.2, 0.25) is 0 Å². The van der Waals surface area contributed by atoms with Crippen molar-refractivity contribution in [3.63, 3.8) is 0 Å². The van der Waals surface area contributed by atoms with E-state index in [4.69, 9.17) is 5.11 Å². The standard InChI is InChI=1S/C10H12BrNO2/c11-9-3-1-8(2-4-9)5-6-12-10(14)7-13/h1-4,13H,5-7H2,(H,12,14). The van der Waals surface area contributed by atoms with Crippen molar-refractivity contribution in [1.82, 2.24) is 5.32 Å². The van der Waals surface area contributed by atoms with Crippen molar-refractivity contribution in [1.29, 1.82) is 0 Å². The Hall–Kier alpha value is -0.870. The van der Waals surface area contributed by atoms with Gasteiger partial charge in [-0.05, 0) is 24.1 Å². The third-order valence-corrected chi connectivity index (χ3v) is 2.32. The van der Waals surface area contributed by atoms with Crippen LogP contribution in [0, 0.1) is 0 Å². The van der Waals surface area contributed by atoms with Crippen LogP contribution in [0.15, 0.2) is 28.7 Å². The van der Waals surface area contributed by atoms with E-state index in [0.717, 1.165) is 16.5 Å². The predicted octanol–water partition coefficient (Wildman–Crippen LogP) is 1.10. The number of nitrogens with one attached hydrogen (secondary N) is 1. The zero-order valence-electron chi connectivity index (χ0n) is 7.66. The fraction of sp³-hybridized carbons (Fsp3) is 0.300. The average Bonchev–Trinajstić information content (AvgIpc) is 2.21. The number of aliphatic hydroxyl groups excluding tert-OH is 1. The molecule has 0 bridgehead atoms. The Labute approximate surface area is 91.3 Å². The Bertz CT molecular complexity index is 297. The van der Waals surface area contributed by atoms with Gasteiger partial charge in [-0.2, -0.15) is 0 Å². The Morgan fingerprint density at radius 2 is 2.00 bits per heavy atom. The Morgan fingerprint density at radius 3 is 2.57 bits per heavy atom. The normalized spacial score (nSPS) is 9.86. The van der Waals surface area contributed by atoms with Crippen LogP contribution in [0.1, 0.15) is 5.56 Å². The van der Waals surface area contributed by atoms with Crippen LogP contribution in [0.3, 0.4) is 0 Å². The van der Waals surface area contributed by atoms with Gasteiger partial charge in [-0.3, -0.25) is 4.79 Å². The van der Waals surface area contributed by atoms with Crippen LogP contribution in [-0.2, 0) is 11.2 Å². The zero-order chi connectivity index (χ0) is 10.4. The van der Waals surface area contributed by atoms with Crippen LogP contribution in [-0.4, -0.2) is 24.2 Å². The summed E-state index contributed by atoms with van der Waals surface area (Å²) < 4.78 is 1.04. The molecule has 3 nitrogen and oxygen atoms in total. The van der Waals surface area contributed by atoms with Crippen LogP contribution in [0.4, 0.5) is 0 Å². The van der Waals surface area contributed by atoms with E-state index in [1.54, 1.807) is 0 Å². The van der Waals surface area contributed by atoms with E-state index in [9.17, 15) is 4.79 Å². The van der Waals surface area contributed by atoms with E-state index in [1.165, 1.54) is 0 Å². The Balaban J connectivity index is 2.31. The summed E-state index contributed by atoms with van der Waals surface area (Å²) in [5.74, 6) is -0.331. The number of hydrogen-bond donors (Lipinski definition) is 2. The summed E-state index contributed by atoms with van der Waals surface area (Å²) in [6.45, 7) is 0.112. The molecule has 0 spiro atoms. The molecule has 0 aliphatic heterocycles. The Morgan fingerprint density at radius 1 is 1.36 bits per heavy atom. The second-order valence-corrected chi connectivity index (χ2v) is 3.80. The van der Waals surface area contributed by atoms with Gasteiger partial charge in [0.1, 0.15) is 6.61 Å². The highest BCUT2D eigenvalue weighted by molar-refractivity contribution is 9.10. The van der Waals surface area contributed by atoms with Crippen molar-refractivity contribution in [2.75, 3.05) is 13.2 Å². The highest BCUT2D eigenvalue weighted by Gasteiger charge is 1.97. The van der Waals surface area contributed by atoms with Gasteiger partial charge < -0.3 is 10.4 Å². The van der Waals surface area contributed by atoms with Gasteiger partial charge in [-0.15, -0.1) is 0 Å². The van der Waals surface area contributed by atoms with Crippen LogP contribution >= 0.6 is 15.9 Å². The third kappa shape index (κ3) is 3.89. The van der Waals surface area contributed by atoms with Gasteiger partial charge in [0.05, 0.1) is 0 Å². The molecule has 0 unspecified atom stereocenters. The van der Waals surface area contributed by atoms with E-state index in [1.807, 2.05) is 24.3 Å². The molecule has 1 amide bonds. The van der Waals surface area contributed by atoms with Gasteiger partial charge in [0.2, 0.25) is 5.91 Å². The van der Waals surface area contributed by atoms with E-state index >= 15 is 0 Å². The van der Waals surface area contributed by atoms with E-state index < -0.39 is 6.61 Å². The number of halogens is 1. The SMILES string of the molecule is O=C(CO)NCCc1ccc(Br)cc1. The lowest BCUT2D eigenvalue weighted by molar-refractivity contribution is -0.123. The van der Waals surface area contributed by atoms with Crippen molar-refractivity contribution >= 4 is 21.8 Å². The molecule has 0 heterocycles. The van der Waals surface area contributed by atoms with Crippen molar-refractivity contribution in [2.24, 2.45) is 0 Å². The minimum atomic E-state index is -0.444. The van der Waals surface area contributed by atoms with Crippen molar-refractivity contribution in [3.05, 3.63) is 34.3 Å². The van der Waals surface area contributed by atoms with E-state index in [-0.39, 0.29) is 5.91 Å². The van der Waals surface area contributed by atoms with Crippen LogP contribution < -0.4 is 5.32 Å². The van der Waals surface area contributed by atoms with Gasteiger partial charge in [0, 0.05) is 11.0 Å². The van der Waals surface area contributed by atoms with Gasteiger partial charge in [0.25, 0.3) is 0 Å². The summed E-state index contributed by atoms with van der Waals surface area (Å²) in [6.07, 6.45) is 0.777. The van der Waals surface area contributed by atoms with Crippen LogP contribution in [0.5, 0.6) is 0 Å². The fourth-order valence-corrected chi connectivity index (χ4v) is 1.32. The molecule has 2 N–H and O–H groups in total. The molecule has 0 atom stereocenters. The summed E-state index contributed by atoms with van der Waals surface area (Å²) in [5, 5.41) is 11.0. The first-order valence-corrected chi connectivity index (χ1v) is 5.13. The number of carbonyl (C=O) groups is 1. The lowest BCUT2D eigenvalue weighted by Gasteiger charge is -2.03.